The van der Waals surface area contributed by atoms with E-state index >= 15 is 0 Å². The van der Waals surface area contributed by atoms with Gasteiger partial charge in [-0.1, -0.05) is 35.5 Å². The second-order valence-electron chi connectivity index (χ2n) is 5.60. The van der Waals surface area contributed by atoms with E-state index in [0.717, 1.165) is 18.9 Å². The summed E-state index contributed by atoms with van der Waals surface area (Å²) in [6, 6.07) is 12.6. The van der Waals surface area contributed by atoms with Crippen LogP contribution in [-0.2, 0) is 13.0 Å². The molecule has 0 bridgehead atoms. The predicted molar refractivity (Wildman–Crippen MR) is 80.1 cm³/mol. The fraction of sp³-hybridized carbons (Fsp3) is 0.312. The average molecular weight is 295 g/mol. The summed E-state index contributed by atoms with van der Waals surface area (Å²) in [6.45, 7) is 2.65. The van der Waals surface area contributed by atoms with Crippen molar-refractivity contribution in [2.45, 2.75) is 19.0 Å². The number of benzene rings is 1. The van der Waals surface area contributed by atoms with Crippen molar-refractivity contribution < 1.29 is 4.52 Å². The van der Waals surface area contributed by atoms with E-state index in [0.29, 0.717) is 24.9 Å². The van der Waals surface area contributed by atoms with Crippen LogP contribution in [0, 0.1) is 0 Å². The van der Waals surface area contributed by atoms with Crippen LogP contribution in [0.5, 0.6) is 0 Å². The first-order valence-corrected chi connectivity index (χ1v) is 7.44. The lowest BCUT2D eigenvalue weighted by Gasteiger charge is -2.38. The van der Waals surface area contributed by atoms with Crippen molar-refractivity contribution in [1.29, 1.82) is 0 Å². The Balaban J connectivity index is 1.32. The van der Waals surface area contributed by atoms with Gasteiger partial charge in [-0.15, -0.1) is 0 Å². The molecule has 22 heavy (non-hydrogen) atoms. The van der Waals surface area contributed by atoms with Gasteiger partial charge in [0.1, 0.15) is 0 Å². The van der Waals surface area contributed by atoms with Crippen molar-refractivity contribution in [2.75, 3.05) is 13.1 Å². The minimum atomic E-state index is 0.460. The summed E-state index contributed by atoms with van der Waals surface area (Å²) in [5.41, 5.74) is 1.19. The van der Waals surface area contributed by atoms with Gasteiger partial charge in [0.05, 0.1) is 12.6 Å². The molecule has 0 unspecified atom stereocenters. The topological polar surface area (TPSA) is 60.0 Å². The highest BCUT2D eigenvalue weighted by atomic mass is 16.5. The van der Waals surface area contributed by atoms with Crippen LogP contribution in [-0.4, -0.2) is 37.9 Å². The lowest BCUT2D eigenvalue weighted by atomic mass is 10.1. The van der Waals surface area contributed by atoms with Gasteiger partial charge in [-0.05, 0) is 11.6 Å². The molecule has 1 aromatic carbocycles. The fourth-order valence-corrected chi connectivity index (χ4v) is 2.73. The van der Waals surface area contributed by atoms with Gasteiger partial charge in [-0.3, -0.25) is 9.58 Å². The number of hydrogen-bond acceptors (Lipinski definition) is 5. The second-order valence-corrected chi connectivity index (χ2v) is 5.60. The average Bonchev–Trinajstić information content (AvgIpc) is 3.15. The number of nitrogens with zero attached hydrogens (tertiary/aromatic N) is 5. The summed E-state index contributed by atoms with van der Waals surface area (Å²) < 4.78 is 7.35. The zero-order valence-corrected chi connectivity index (χ0v) is 12.2. The molecule has 0 spiro atoms. The van der Waals surface area contributed by atoms with Crippen LogP contribution in [0.15, 0.2) is 53.3 Å². The van der Waals surface area contributed by atoms with E-state index in [9.17, 15) is 0 Å². The maximum atomic E-state index is 5.34. The number of hydrogen-bond donors (Lipinski definition) is 0. The van der Waals surface area contributed by atoms with E-state index in [2.05, 4.69) is 32.3 Å². The van der Waals surface area contributed by atoms with Crippen molar-refractivity contribution in [3.8, 4) is 0 Å². The number of aromatic nitrogens is 4. The van der Waals surface area contributed by atoms with E-state index in [1.165, 1.54) is 5.56 Å². The summed E-state index contributed by atoms with van der Waals surface area (Å²) in [5, 5.41) is 8.33. The Morgan fingerprint density at radius 1 is 1.14 bits per heavy atom. The number of likely N-dealkylation sites (tertiary alicyclic amines) is 1. The third kappa shape index (κ3) is 2.78. The lowest BCUT2D eigenvalue weighted by Crippen LogP contribution is -2.47. The quantitative estimate of drug-likeness (QED) is 0.719. The van der Waals surface area contributed by atoms with Gasteiger partial charge in [-0.2, -0.15) is 10.1 Å². The van der Waals surface area contributed by atoms with Crippen LogP contribution in [0.1, 0.15) is 23.3 Å². The molecule has 0 saturated carbocycles. The Bertz CT molecular complexity index is 716. The molecule has 4 rings (SSSR count). The molecule has 2 aromatic heterocycles. The molecule has 1 fully saturated rings. The molecule has 0 aliphatic carbocycles. The van der Waals surface area contributed by atoms with E-state index in [4.69, 9.17) is 4.52 Å². The molecular formula is C16H17N5O. The molecule has 1 aliphatic heterocycles. The Morgan fingerprint density at radius 2 is 2.00 bits per heavy atom. The summed E-state index contributed by atoms with van der Waals surface area (Å²) in [5.74, 6) is 1.43. The Hall–Kier alpha value is -2.47. The highest BCUT2D eigenvalue weighted by molar-refractivity contribution is 5.18. The maximum absolute atomic E-state index is 5.34. The summed E-state index contributed by atoms with van der Waals surface area (Å²) >= 11 is 0. The Kier molecular flexibility index (Phi) is 3.44. The van der Waals surface area contributed by atoms with Gasteiger partial charge < -0.3 is 4.52 Å². The minimum Gasteiger partial charge on any atom is -0.338 e. The van der Waals surface area contributed by atoms with Crippen LogP contribution in [0.4, 0.5) is 0 Å². The smallest absolute Gasteiger partial charge is 0.240 e. The summed E-state index contributed by atoms with van der Waals surface area (Å²) in [4.78, 5) is 6.76. The minimum absolute atomic E-state index is 0.460. The molecule has 3 aromatic rings. The van der Waals surface area contributed by atoms with Crippen LogP contribution >= 0.6 is 0 Å². The fourth-order valence-electron chi connectivity index (χ4n) is 2.73. The van der Waals surface area contributed by atoms with Crippen LogP contribution < -0.4 is 0 Å². The van der Waals surface area contributed by atoms with Crippen molar-refractivity contribution in [3.63, 3.8) is 0 Å². The Morgan fingerprint density at radius 3 is 2.77 bits per heavy atom. The van der Waals surface area contributed by atoms with Gasteiger partial charge in [0, 0.05) is 31.9 Å². The first kappa shape index (κ1) is 13.2. The monoisotopic (exact) mass is 295 g/mol. The highest BCUT2D eigenvalue weighted by Gasteiger charge is 2.29. The maximum Gasteiger partial charge on any atom is 0.240 e. The molecule has 0 radical (unpaired) electrons. The van der Waals surface area contributed by atoms with Crippen LogP contribution in [0.25, 0.3) is 0 Å². The van der Waals surface area contributed by atoms with Crippen LogP contribution in [0.2, 0.25) is 0 Å². The first-order valence-electron chi connectivity index (χ1n) is 7.44. The molecule has 0 amide bonds. The normalized spacial score (nSPS) is 15.8. The molecule has 0 atom stereocenters. The van der Waals surface area contributed by atoms with Crippen molar-refractivity contribution in [1.82, 2.24) is 24.8 Å². The van der Waals surface area contributed by atoms with Gasteiger partial charge in [-0.25, -0.2) is 0 Å². The van der Waals surface area contributed by atoms with Gasteiger partial charge in [0.25, 0.3) is 0 Å². The lowest BCUT2D eigenvalue weighted by molar-refractivity contribution is 0.0790. The van der Waals surface area contributed by atoms with Crippen molar-refractivity contribution in [2.24, 2.45) is 0 Å². The summed E-state index contributed by atoms with van der Waals surface area (Å²) in [7, 11) is 0. The van der Waals surface area contributed by atoms with E-state index < -0.39 is 0 Å². The summed E-state index contributed by atoms with van der Waals surface area (Å²) in [6.07, 6.45) is 4.53. The van der Waals surface area contributed by atoms with E-state index in [1.54, 1.807) is 0 Å². The molecule has 0 N–H and O–H groups in total. The van der Waals surface area contributed by atoms with Crippen molar-refractivity contribution in [3.05, 3.63) is 66.1 Å². The largest absolute Gasteiger partial charge is 0.338 e. The third-order valence-corrected chi connectivity index (χ3v) is 3.91. The molecule has 6 nitrogen and oxygen atoms in total. The zero-order chi connectivity index (χ0) is 14.8. The molecule has 6 heteroatoms. The molecule has 1 saturated heterocycles. The highest BCUT2D eigenvalue weighted by Crippen LogP contribution is 2.21. The van der Waals surface area contributed by atoms with E-state index in [-0.39, 0.29) is 0 Å². The zero-order valence-electron chi connectivity index (χ0n) is 12.2. The molecule has 3 heterocycles. The van der Waals surface area contributed by atoms with Gasteiger partial charge in [0.2, 0.25) is 5.89 Å². The standard InChI is InChI=1S/C16H17N5O/c1-2-5-13(6-3-1)9-15-18-16(22-19-15)12-20-10-14(11-20)21-8-4-7-17-21/h1-8,14H,9-12H2. The second kappa shape index (κ2) is 5.73. The Labute approximate surface area is 128 Å². The van der Waals surface area contributed by atoms with Gasteiger partial charge >= 0.3 is 0 Å². The molecule has 1 aliphatic rings. The molecular weight excluding hydrogens is 278 g/mol. The van der Waals surface area contributed by atoms with E-state index in [1.807, 2.05) is 41.3 Å². The third-order valence-electron chi connectivity index (χ3n) is 3.91. The number of rotatable bonds is 5. The predicted octanol–water partition coefficient (Wildman–Crippen LogP) is 1.91. The van der Waals surface area contributed by atoms with Crippen LogP contribution in [0.3, 0.4) is 0 Å². The first-order chi connectivity index (χ1) is 10.9. The SMILES string of the molecule is c1ccc(Cc2noc(CN3CC(n4cccn4)C3)n2)cc1. The molecule has 112 valence electrons. The van der Waals surface area contributed by atoms with Crippen molar-refractivity contribution >= 4 is 0 Å². The van der Waals surface area contributed by atoms with Gasteiger partial charge in [0.15, 0.2) is 5.82 Å².